The van der Waals surface area contributed by atoms with Gasteiger partial charge in [-0.25, -0.2) is 4.79 Å². The van der Waals surface area contributed by atoms with E-state index in [1.807, 2.05) is 85.8 Å². The van der Waals surface area contributed by atoms with Gasteiger partial charge < -0.3 is 14.8 Å². The van der Waals surface area contributed by atoms with E-state index in [-0.39, 0.29) is 6.04 Å². The molecule has 5 nitrogen and oxygen atoms in total. The van der Waals surface area contributed by atoms with Gasteiger partial charge in [-0.3, -0.25) is 0 Å². The van der Waals surface area contributed by atoms with Gasteiger partial charge in [-0.05, 0) is 47.5 Å². The van der Waals surface area contributed by atoms with E-state index < -0.39 is 12.2 Å². The third-order valence-electron chi connectivity index (χ3n) is 5.11. The fourth-order valence-electron chi connectivity index (χ4n) is 3.56. The third-order valence-corrected chi connectivity index (χ3v) is 5.11. The van der Waals surface area contributed by atoms with Crippen LogP contribution in [0.1, 0.15) is 30.2 Å². The Hall–Kier alpha value is -4.30. The minimum atomic E-state index is -1.06. The molecule has 0 aliphatic rings. The first-order valence-corrected chi connectivity index (χ1v) is 10.3. The lowest BCUT2D eigenvalue weighted by Gasteiger charge is -2.18. The van der Waals surface area contributed by atoms with Crippen molar-refractivity contribution >= 4 is 16.9 Å². The van der Waals surface area contributed by atoms with Gasteiger partial charge in [0.1, 0.15) is 17.6 Å². The fourth-order valence-corrected chi connectivity index (χ4v) is 3.56. The number of amides is 1. The summed E-state index contributed by atoms with van der Waals surface area (Å²) < 4.78 is 11.2. The largest absolute Gasteiger partial charge is 0.457 e. The van der Waals surface area contributed by atoms with Crippen LogP contribution in [0.25, 0.3) is 10.8 Å². The van der Waals surface area contributed by atoms with E-state index in [0.29, 0.717) is 17.1 Å². The molecule has 1 amide bonds. The number of fused-ring (bicyclic) bond motifs is 1. The number of alkyl carbamates (subject to hydrolysis) is 1. The predicted octanol–water partition coefficient (Wildman–Crippen LogP) is 6.68. The van der Waals surface area contributed by atoms with Crippen molar-refractivity contribution in [2.75, 3.05) is 0 Å². The van der Waals surface area contributed by atoms with Crippen molar-refractivity contribution in [1.82, 2.24) is 5.32 Å². The van der Waals surface area contributed by atoms with Crippen LogP contribution in [-0.4, -0.2) is 6.09 Å². The highest BCUT2D eigenvalue weighted by atomic mass is 16.6. The zero-order chi connectivity index (χ0) is 22.3. The summed E-state index contributed by atoms with van der Waals surface area (Å²) in [5.41, 5.74) is 1.51. The Kier molecular flexibility index (Phi) is 6.33. The number of ether oxygens (including phenoxy) is 2. The highest BCUT2D eigenvalue weighted by molar-refractivity contribution is 5.86. The molecule has 0 saturated carbocycles. The molecule has 4 aromatic carbocycles. The molecular formula is C27H22N2O3. The number of hydrogen-bond acceptors (Lipinski definition) is 4. The Morgan fingerprint density at radius 1 is 0.875 bits per heavy atom. The molecule has 32 heavy (non-hydrogen) atoms. The summed E-state index contributed by atoms with van der Waals surface area (Å²) in [6.45, 7) is 1.89. The van der Waals surface area contributed by atoms with E-state index in [1.54, 1.807) is 24.3 Å². The van der Waals surface area contributed by atoms with E-state index in [2.05, 4.69) is 5.32 Å². The smallest absolute Gasteiger partial charge is 0.409 e. The molecule has 0 bridgehead atoms. The first-order valence-electron chi connectivity index (χ1n) is 10.3. The Morgan fingerprint density at radius 3 is 2.38 bits per heavy atom. The van der Waals surface area contributed by atoms with Gasteiger partial charge in [-0.15, -0.1) is 0 Å². The van der Waals surface area contributed by atoms with Gasteiger partial charge >= 0.3 is 6.09 Å². The molecule has 2 atom stereocenters. The number of carbonyl (C=O) groups excluding carboxylic acids is 1. The molecule has 0 spiro atoms. The van der Waals surface area contributed by atoms with Gasteiger partial charge in [0.15, 0.2) is 0 Å². The zero-order valence-corrected chi connectivity index (χ0v) is 17.6. The monoisotopic (exact) mass is 422 g/mol. The molecule has 0 saturated heterocycles. The zero-order valence-electron chi connectivity index (χ0n) is 17.6. The second-order valence-corrected chi connectivity index (χ2v) is 7.34. The summed E-state index contributed by atoms with van der Waals surface area (Å²) >= 11 is 0. The van der Waals surface area contributed by atoms with E-state index in [0.717, 1.165) is 16.3 Å². The van der Waals surface area contributed by atoms with Crippen molar-refractivity contribution in [2.24, 2.45) is 0 Å². The van der Waals surface area contributed by atoms with Crippen molar-refractivity contribution in [3.05, 3.63) is 108 Å². The van der Waals surface area contributed by atoms with Crippen LogP contribution in [0, 0.1) is 11.3 Å². The fraction of sp³-hybridized carbons (Fsp3) is 0.111. The van der Waals surface area contributed by atoms with Gasteiger partial charge in [0.2, 0.25) is 6.10 Å². The van der Waals surface area contributed by atoms with Crippen LogP contribution >= 0.6 is 0 Å². The number of benzene rings is 4. The standard InChI is InChI=1S/C27H22N2O3/c1-19(24-16-8-10-20-9-5-6-15-25(20)24)29-27(30)32-26(18-28)21-11-7-14-23(17-21)31-22-12-3-2-4-13-22/h2-17,19,26H,1H3,(H,29,30)/t19-,26-/m0/s1. The average Bonchev–Trinajstić information content (AvgIpc) is 2.83. The molecule has 0 aliphatic carbocycles. The van der Waals surface area contributed by atoms with Crippen molar-refractivity contribution in [3.8, 4) is 17.6 Å². The number of rotatable bonds is 6. The molecule has 5 heteroatoms. The van der Waals surface area contributed by atoms with Gasteiger partial charge in [-0.1, -0.05) is 72.8 Å². The van der Waals surface area contributed by atoms with Gasteiger partial charge in [-0.2, -0.15) is 5.26 Å². The number of nitrogens with zero attached hydrogens (tertiary/aromatic N) is 1. The normalized spacial score (nSPS) is 12.4. The van der Waals surface area contributed by atoms with E-state index in [4.69, 9.17) is 9.47 Å². The highest BCUT2D eigenvalue weighted by Gasteiger charge is 2.19. The second kappa shape index (κ2) is 9.67. The van der Waals surface area contributed by atoms with Gasteiger partial charge in [0.25, 0.3) is 0 Å². The Balaban J connectivity index is 1.45. The summed E-state index contributed by atoms with van der Waals surface area (Å²) in [5.74, 6) is 1.24. The molecule has 0 radical (unpaired) electrons. The molecule has 0 heterocycles. The van der Waals surface area contributed by atoms with Crippen molar-refractivity contribution < 1.29 is 14.3 Å². The van der Waals surface area contributed by atoms with E-state index >= 15 is 0 Å². The predicted molar refractivity (Wildman–Crippen MR) is 123 cm³/mol. The van der Waals surface area contributed by atoms with E-state index in [9.17, 15) is 10.1 Å². The summed E-state index contributed by atoms with van der Waals surface area (Å²) in [6.07, 6.45) is -1.72. The quantitative estimate of drug-likeness (QED) is 0.376. The molecule has 0 aromatic heterocycles. The van der Waals surface area contributed by atoms with Gasteiger partial charge in [0.05, 0.1) is 6.04 Å². The maximum Gasteiger partial charge on any atom is 0.409 e. The van der Waals surface area contributed by atoms with E-state index in [1.165, 1.54) is 0 Å². The maximum absolute atomic E-state index is 12.6. The Labute approximate surface area is 186 Å². The lowest BCUT2D eigenvalue weighted by Crippen LogP contribution is -2.28. The molecule has 158 valence electrons. The van der Waals surface area contributed by atoms with Crippen molar-refractivity contribution in [3.63, 3.8) is 0 Å². The summed E-state index contributed by atoms with van der Waals surface area (Å²) in [4.78, 5) is 12.6. The molecule has 1 N–H and O–H groups in total. The minimum absolute atomic E-state index is 0.291. The van der Waals surface area contributed by atoms with Crippen molar-refractivity contribution in [1.29, 1.82) is 5.26 Å². The van der Waals surface area contributed by atoms with Crippen molar-refractivity contribution in [2.45, 2.75) is 19.1 Å². The second-order valence-electron chi connectivity index (χ2n) is 7.34. The third kappa shape index (κ3) is 4.88. The lowest BCUT2D eigenvalue weighted by atomic mass is 10.00. The van der Waals surface area contributed by atoms with Crippen LogP contribution in [0.15, 0.2) is 97.1 Å². The first-order chi connectivity index (χ1) is 15.6. The molecule has 0 aliphatic heterocycles. The first kappa shape index (κ1) is 21.0. The summed E-state index contributed by atoms with van der Waals surface area (Å²) in [7, 11) is 0. The number of nitriles is 1. The molecule has 4 rings (SSSR count). The number of nitrogens with one attached hydrogen (secondary N) is 1. The van der Waals surface area contributed by atoms with Crippen LogP contribution in [0.4, 0.5) is 4.79 Å². The SMILES string of the molecule is C[C@H](NC(=O)O[C@@H](C#N)c1cccc(Oc2ccccc2)c1)c1cccc2ccccc12. The molecule has 0 fully saturated rings. The topological polar surface area (TPSA) is 71.3 Å². The van der Waals surface area contributed by atoms with Crippen LogP contribution < -0.4 is 10.1 Å². The van der Waals surface area contributed by atoms with Gasteiger partial charge in [0, 0.05) is 5.56 Å². The summed E-state index contributed by atoms with van der Waals surface area (Å²) in [5, 5.41) is 14.6. The average molecular weight is 422 g/mol. The van der Waals surface area contributed by atoms with Crippen LogP contribution in [0.2, 0.25) is 0 Å². The molecule has 4 aromatic rings. The Bertz CT molecular complexity index is 1260. The minimum Gasteiger partial charge on any atom is -0.457 e. The number of hydrogen-bond donors (Lipinski definition) is 1. The highest BCUT2D eigenvalue weighted by Crippen LogP contribution is 2.27. The van der Waals surface area contributed by atoms with Crippen LogP contribution in [0.3, 0.4) is 0 Å². The number of para-hydroxylation sites is 1. The molecular weight excluding hydrogens is 400 g/mol. The molecule has 0 unspecified atom stereocenters. The maximum atomic E-state index is 12.6. The lowest BCUT2D eigenvalue weighted by molar-refractivity contribution is 0.120. The summed E-state index contributed by atoms with van der Waals surface area (Å²) in [6, 6.07) is 32.0. The van der Waals surface area contributed by atoms with Crippen LogP contribution in [0.5, 0.6) is 11.5 Å². The van der Waals surface area contributed by atoms with Crippen LogP contribution in [-0.2, 0) is 4.74 Å². The number of carbonyl (C=O) groups is 1. The Morgan fingerprint density at radius 2 is 1.56 bits per heavy atom.